The van der Waals surface area contributed by atoms with Gasteiger partial charge in [-0.25, -0.2) is 0 Å². The maximum Gasteiger partial charge on any atom is 0.253 e. The number of ketones is 1. The highest BCUT2D eigenvalue weighted by molar-refractivity contribution is 6.01. The summed E-state index contributed by atoms with van der Waals surface area (Å²) in [5.74, 6) is 0.834. The molecule has 0 saturated carbocycles. The third kappa shape index (κ3) is 3.07. The largest absolute Gasteiger partial charge is 0.486 e. The first-order chi connectivity index (χ1) is 14.3. The number of Topliss-reactive ketones (excluding diaryl/α,β-unsaturated/α-hetero) is 1. The van der Waals surface area contributed by atoms with Crippen LogP contribution in [0.4, 0.5) is 0 Å². The van der Waals surface area contributed by atoms with Crippen molar-refractivity contribution in [2.24, 2.45) is 7.05 Å². The van der Waals surface area contributed by atoms with Crippen molar-refractivity contribution in [2.45, 2.75) is 38.7 Å². The molecule has 1 spiro atoms. The molecule has 1 aromatic heterocycles. The second-order valence-electron chi connectivity index (χ2n) is 8.69. The minimum Gasteiger partial charge on any atom is -0.486 e. The smallest absolute Gasteiger partial charge is 0.253 e. The molecule has 0 unspecified atom stereocenters. The van der Waals surface area contributed by atoms with Crippen LogP contribution < -0.4 is 4.74 Å². The number of likely N-dealkylation sites (tertiary alicyclic amines) is 1. The van der Waals surface area contributed by atoms with Gasteiger partial charge in [0.15, 0.2) is 5.78 Å². The Bertz CT molecular complexity index is 1190. The van der Waals surface area contributed by atoms with E-state index < -0.39 is 5.60 Å². The molecule has 1 fully saturated rings. The number of amides is 1. The fraction of sp³-hybridized carbons (Fsp3) is 0.375. The number of hydrogen-bond acceptors (Lipinski definition) is 4. The van der Waals surface area contributed by atoms with Crippen LogP contribution in [0.3, 0.4) is 0 Å². The number of aryl methyl sites for hydroxylation is 3. The number of piperidine rings is 1. The summed E-state index contributed by atoms with van der Waals surface area (Å²) in [5, 5.41) is 5.42. The Hall–Kier alpha value is -3.15. The third-order valence-corrected chi connectivity index (χ3v) is 6.54. The van der Waals surface area contributed by atoms with Gasteiger partial charge in [-0.15, -0.1) is 0 Å². The van der Waals surface area contributed by atoms with Gasteiger partial charge in [-0.3, -0.25) is 14.3 Å². The van der Waals surface area contributed by atoms with Crippen molar-refractivity contribution in [3.05, 3.63) is 58.8 Å². The summed E-state index contributed by atoms with van der Waals surface area (Å²) in [5.41, 5.74) is 3.87. The van der Waals surface area contributed by atoms with Crippen LogP contribution in [0.5, 0.6) is 5.75 Å². The Morgan fingerprint density at radius 2 is 1.83 bits per heavy atom. The van der Waals surface area contributed by atoms with Gasteiger partial charge >= 0.3 is 0 Å². The molecule has 3 aromatic rings. The summed E-state index contributed by atoms with van der Waals surface area (Å²) in [4.78, 5) is 27.7. The maximum absolute atomic E-state index is 13.0. The first kappa shape index (κ1) is 18.9. The number of carbonyl (C=O) groups is 2. The van der Waals surface area contributed by atoms with Gasteiger partial charge in [0.25, 0.3) is 5.91 Å². The van der Waals surface area contributed by atoms with Crippen molar-refractivity contribution in [1.29, 1.82) is 0 Å². The highest BCUT2D eigenvalue weighted by Gasteiger charge is 2.43. The van der Waals surface area contributed by atoms with Crippen molar-refractivity contribution in [3.63, 3.8) is 0 Å². The lowest BCUT2D eigenvalue weighted by molar-refractivity contribution is -0.00575. The zero-order valence-electron chi connectivity index (χ0n) is 17.6. The number of benzene rings is 2. The van der Waals surface area contributed by atoms with Crippen molar-refractivity contribution in [2.75, 3.05) is 13.1 Å². The van der Waals surface area contributed by atoms with E-state index >= 15 is 0 Å². The summed E-state index contributed by atoms with van der Waals surface area (Å²) >= 11 is 0. The fourth-order valence-corrected chi connectivity index (χ4v) is 4.60. The molecule has 1 saturated heterocycles. The maximum atomic E-state index is 13.0. The predicted octanol–water partition coefficient (Wildman–Crippen LogP) is 3.83. The van der Waals surface area contributed by atoms with Crippen molar-refractivity contribution in [3.8, 4) is 5.75 Å². The molecule has 5 rings (SSSR count). The Morgan fingerprint density at radius 1 is 1.10 bits per heavy atom. The van der Waals surface area contributed by atoms with Gasteiger partial charge in [-0.05, 0) is 49.2 Å². The number of rotatable bonds is 1. The molecule has 0 atom stereocenters. The van der Waals surface area contributed by atoms with Crippen molar-refractivity contribution >= 4 is 22.6 Å². The highest BCUT2D eigenvalue weighted by Crippen LogP contribution is 2.40. The van der Waals surface area contributed by atoms with E-state index in [9.17, 15) is 9.59 Å². The Kier molecular flexibility index (Phi) is 4.20. The first-order valence-corrected chi connectivity index (χ1v) is 10.4. The Balaban J connectivity index is 1.33. The quantitative estimate of drug-likeness (QED) is 0.619. The molecular weight excluding hydrogens is 378 g/mol. The summed E-state index contributed by atoms with van der Waals surface area (Å²) in [6.07, 6.45) is 3.63. The second-order valence-corrected chi connectivity index (χ2v) is 8.69. The molecular formula is C24H25N3O3. The van der Waals surface area contributed by atoms with Crippen LogP contribution in [0, 0.1) is 13.8 Å². The number of hydrogen-bond donors (Lipinski definition) is 0. The summed E-state index contributed by atoms with van der Waals surface area (Å²) in [7, 11) is 1.87. The summed E-state index contributed by atoms with van der Waals surface area (Å²) in [6.45, 7) is 5.20. The second kappa shape index (κ2) is 6.69. The van der Waals surface area contributed by atoms with Gasteiger partial charge < -0.3 is 9.64 Å². The lowest BCUT2D eigenvalue weighted by atomic mass is 9.81. The van der Waals surface area contributed by atoms with E-state index in [0.717, 1.165) is 22.0 Å². The van der Waals surface area contributed by atoms with E-state index in [0.29, 0.717) is 49.2 Å². The number of ether oxygens (including phenoxy) is 1. The molecule has 2 aliphatic heterocycles. The molecule has 3 heterocycles. The summed E-state index contributed by atoms with van der Waals surface area (Å²) < 4.78 is 8.14. The minimum absolute atomic E-state index is 0.00593. The average molecular weight is 403 g/mol. The molecule has 0 bridgehead atoms. The Labute approximate surface area is 175 Å². The van der Waals surface area contributed by atoms with Gasteiger partial charge in [0.05, 0.1) is 17.5 Å². The van der Waals surface area contributed by atoms with Crippen molar-refractivity contribution in [1.82, 2.24) is 14.7 Å². The molecule has 30 heavy (non-hydrogen) atoms. The molecule has 6 nitrogen and oxygen atoms in total. The van der Waals surface area contributed by atoms with Gasteiger partial charge in [0.2, 0.25) is 0 Å². The molecule has 0 radical (unpaired) electrons. The van der Waals surface area contributed by atoms with E-state index in [1.165, 1.54) is 0 Å². The molecule has 6 heteroatoms. The monoisotopic (exact) mass is 403 g/mol. The van der Waals surface area contributed by atoms with Crippen LogP contribution in [-0.2, 0) is 7.05 Å². The minimum atomic E-state index is -0.506. The van der Waals surface area contributed by atoms with Gasteiger partial charge in [-0.2, -0.15) is 5.10 Å². The first-order valence-electron chi connectivity index (χ1n) is 10.4. The standard InChI is InChI=1S/C24H25N3O3/c1-15-10-19-21(28)13-24(30-22(19)11-16(15)2)6-8-27(9-7-24)23(29)17-4-5-18-14-26(3)25-20(18)12-17/h4-5,10-12,14H,6-9,13H2,1-3H3. The van der Waals surface area contributed by atoms with Crippen LogP contribution in [-0.4, -0.2) is 45.1 Å². The molecule has 0 aliphatic carbocycles. The van der Waals surface area contributed by atoms with E-state index in [1.54, 1.807) is 4.68 Å². The van der Waals surface area contributed by atoms with E-state index in [-0.39, 0.29) is 11.7 Å². The van der Waals surface area contributed by atoms with Crippen LogP contribution in [0.15, 0.2) is 36.5 Å². The van der Waals surface area contributed by atoms with E-state index in [2.05, 4.69) is 5.10 Å². The van der Waals surface area contributed by atoms with Crippen LogP contribution in [0.1, 0.15) is 51.1 Å². The van der Waals surface area contributed by atoms with Crippen LogP contribution >= 0.6 is 0 Å². The SMILES string of the molecule is Cc1cc2c(cc1C)C(=O)CC1(CCN(C(=O)c3ccc4cn(C)nc4c3)CC1)O2. The van der Waals surface area contributed by atoms with E-state index in [4.69, 9.17) is 4.74 Å². The lowest BCUT2D eigenvalue weighted by Crippen LogP contribution is -2.52. The normalized spacial score (nSPS) is 17.8. The van der Waals surface area contributed by atoms with Crippen LogP contribution in [0.2, 0.25) is 0 Å². The lowest BCUT2D eigenvalue weighted by Gasteiger charge is -2.44. The van der Waals surface area contributed by atoms with E-state index in [1.807, 2.05) is 62.3 Å². The van der Waals surface area contributed by atoms with Crippen molar-refractivity contribution < 1.29 is 14.3 Å². The zero-order valence-corrected chi connectivity index (χ0v) is 17.6. The molecule has 1 amide bonds. The number of fused-ring (bicyclic) bond motifs is 2. The number of carbonyl (C=O) groups excluding carboxylic acids is 2. The average Bonchev–Trinajstić information content (AvgIpc) is 3.09. The molecule has 2 aromatic carbocycles. The predicted molar refractivity (Wildman–Crippen MR) is 114 cm³/mol. The summed E-state index contributed by atoms with van der Waals surface area (Å²) in [6, 6.07) is 9.56. The third-order valence-electron chi connectivity index (χ3n) is 6.54. The highest BCUT2D eigenvalue weighted by atomic mass is 16.5. The molecule has 0 N–H and O–H groups in total. The molecule has 154 valence electrons. The van der Waals surface area contributed by atoms with Gasteiger partial charge in [0.1, 0.15) is 11.4 Å². The Morgan fingerprint density at radius 3 is 2.60 bits per heavy atom. The fourth-order valence-electron chi connectivity index (χ4n) is 4.60. The van der Waals surface area contributed by atoms with Gasteiger partial charge in [-0.1, -0.05) is 6.07 Å². The topological polar surface area (TPSA) is 64.4 Å². The number of aromatic nitrogens is 2. The zero-order chi connectivity index (χ0) is 21.0. The van der Waals surface area contributed by atoms with Crippen LogP contribution in [0.25, 0.3) is 10.9 Å². The number of nitrogens with zero attached hydrogens (tertiary/aromatic N) is 3. The molecule has 2 aliphatic rings. The van der Waals surface area contributed by atoms with Gasteiger partial charge in [0, 0.05) is 50.1 Å².